The van der Waals surface area contributed by atoms with Crippen LogP contribution in [0.3, 0.4) is 0 Å². The lowest BCUT2D eigenvalue weighted by Gasteiger charge is -2.13. The summed E-state index contributed by atoms with van der Waals surface area (Å²) < 4.78 is 51.2. The molecule has 40 heavy (non-hydrogen) atoms. The lowest BCUT2D eigenvalue weighted by atomic mass is 10.2. The summed E-state index contributed by atoms with van der Waals surface area (Å²) in [5.74, 6) is 0.374. The minimum Gasteiger partial charge on any atom is -0.493 e. The lowest BCUT2D eigenvalue weighted by Crippen LogP contribution is -2.19. The van der Waals surface area contributed by atoms with Crippen LogP contribution in [0.5, 0.6) is 11.5 Å². The van der Waals surface area contributed by atoms with E-state index in [1.165, 1.54) is 36.8 Å². The third kappa shape index (κ3) is 8.32. The molecule has 0 saturated carbocycles. The fourth-order valence-corrected chi connectivity index (χ4v) is 4.78. The molecule has 1 aromatic heterocycles. The van der Waals surface area contributed by atoms with Crippen molar-refractivity contribution in [2.75, 3.05) is 12.4 Å². The van der Waals surface area contributed by atoms with E-state index in [-0.39, 0.29) is 12.1 Å². The maximum atomic E-state index is 12.9. The largest absolute Gasteiger partial charge is 0.493 e. The van der Waals surface area contributed by atoms with Crippen molar-refractivity contribution < 1.29 is 27.4 Å². The zero-order valence-electron chi connectivity index (χ0n) is 20.8. The number of ether oxygens (including phenoxy) is 2. The van der Waals surface area contributed by atoms with Gasteiger partial charge in [-0.2, -0.15) is 18.3 Å². The van der Waals surface area contributed by atoms with Gasteiger partial charge in [-0.05, 0) is 76.2 Å². The van der Waals surface area contributed by atoms with Gasteiger partial charge < -0.3 is 14.8 Å². The van der Waals surface area contributed by atoms with E-state index in [4.69, 9.17) is 21.1 Å². The van der Waals surface area contributed by atoms with Gasteiger partial charge in [-0.1, -0.05) is 29.8 Å². The zero-order chi connectivity index (χ0) is 28.7. The highest BCUT2D eigenvalue weighted by Gasteiger charge is 2.30. The van der Waals surface area contributed by atoms with Crippen LogP contribution in [0.15, 0.2) is 71.1 Å². The minimum atomic E-state index is -4.45. The van der Waals surface area contributed by atoms with Gasteiger partial charge in [-0.25, -0.2) is 10.4 Å². The zero-order valence-corrected chi connectivity index (χ0v) is 24.5. The lowest BCUT2D eigenvalue weighted by molar-refractivity contribution is -0.137. The second-order valence-electron chi connectivity index (χ2n) is 8.27. The number of benzene rings is 3. The first-order chi connectivity index (χ1) is 19.1. The molecular formula is C27H21ClF3IN4O3S. The Bertz CT molecular complexity index is 1510. The van der Waals surface area contributed by atoms with Crippen molar-refractivity contribution in [3.8, 4) is 11.5 Å². The molecule has 1 heterocycles. The standard InChI is InChI=1S/C27H21ClF3IN4O3S/c1-38-23-10-17(9-22(28)25(23)39-14-16-5-7-19(32)8-6-16)13-33-36-24(37)12-21-15-40-26(35-21)34-20-4-2-3-18(11-20)27(29,30)31/h2-11,13,15H,12,14H2,1H3,(H,34,35)(H,36,37)/b33-13-. The number of nitrogens with one attached hydrogen (secondary N) is 2. The number of alkyl halides is 3. The van der Waals surface area contributed by atoms with E-state index in [1.54, 1.807) is 17.5 Å². The van der Waals surface area contributed by atoms with Crippen molar-refractivity contribution in [1.29, 1.82) is 0 Å². The van der Waals surface area contributed by atoms with Gasteiger partial charge in [0, 0.05) is 14.6 Å². The Labute approximate surface area is 250 Å². The molecule has 0 fully saturated rings. The summed E-state index contributed by atoms with van der Waals surface area (Å²) in [4.78, 5) is 16.6. The molecule has 13 heteroatoms. The van der Waals surface area contributed by atoms with Gasteiger partial charge in [0.05, 0.1) is 36.0 Å². The predicted molar refractivity (Wildman–Crippen MR) is 158 cm³/mol. The highest BCUT2D eigenvalue weighted by atomic mass is 127. The smallest absolute Gasteiger partial charge is 0.416 e. The Balaban J connectivity index is 1.32. The normalized spacial score (nSPS) is 11.4. The molecule has 4 aromatic rings. The van der Waals surface area contributed by atoms with Crippen molar-refractivity contribution in [2.24, 2.45) is 5.10 Å². The Hall–Kier alpha value is -3.36. The molecule has 0 radical (unpaired) electrons. The van der Waals surface area contributed by atoms with Crippen LogP contribution in [-0.2, 0) is 24.0 Å². The molecule has 0 spiro atoms. The Morgan fingerprint density at radius 1 is 1.18 bits per heavy atom. The van der Waals surface area contributed by atoms with E-state index in [2.05, 4.69) is 43.4 Å². The van der Waals surface area contributed by atoms with Gasteiger partial charge in [0.2, 0.25) is 5.91 Å². The number of carbonyl (C=O) groups is 1. The first-order valence-electron chi connectivity index (χ1n) is 11.6. The summed E-state index contributed by atoms with van der Waals surface area (Å²) in [5.41, 5.74) is 3.88. The number of halogens is 5. The van der Waals surface area contributed by atoms with E-state index < -0.39 is 17.6 Å². The van der Waals surface area contributed by atoms with E-state index in [0.717, 1.165) is 21.3 Å². The number of amides is 1. The monoisotopic (exact) mass is 700 g/mol. The molecule has 208 valence electrons. The number of hydrogen-bond acceptors (Lipinski definition) is 7. The first-order valence-corrected chi connectivity index (χ1v) is 13.9. The van der Waals surface area contributed by atoms with Gasteiger partial charge in [0.1, 0.15) is 6.61 Å². The van der Waals surface area contributed by atoms with Gasteiger partial charge in [0.25, 0.3) is 0 Å². The van der Waals surface area contributed by atoms with Crippen molar-refractivity contribution in [2.45, 2.75) is 19.2 Å². The molecule has 2 N–H and O–H groups in total. The fourth-order valence-electron chi connectivity index (χ4n) is 3.42. The number of aromatic nitrogens is 1. The third-order valence-corrected chi connectivity index (χ3v) is 7.09. The van der Waals surface area contributed by atoms with E-state index in [0.29, 0.717) is 39.5 Å². The van der Waals surface area contributed by atoms with Crippen molar-refractivity contribution >= 4 is 68.5 Å². The SMILES string of the molecule is COc1cc(/C=N\NC(=O)Cc2csc(Nc3cccc(C(F)(F)F)c3)n2)cc(Cl)c1OCc1ccc(I)cc1. The molecule has 3 aromatic carbocycles. The summed E-state index contributed by atoms with van der Waals surface area (Å²) >= 11 is 9.82. The Morgan fingerprint density at radius 2 is 1.95 bits per heavy atom. The number of nitrogens with zero attached hydrogens (tertiary/aromatic N) is 2. The van der Waals surface area contributed by atoms with Crippen molar-refractivity contribution in [3.63, 3.8) is 0 Å². The van der Waals surface area contributed by atoms with Crippen molar-refractivity contribution in [3.05, 3.63) is 97.0 Å². The van der Waals surface area contributed by atoms with E-state index in [9.17, 15) is 18.0 Å². The number of hydrazone groups is 1. The van der Waals surface area contributed by atoms with E-state index in [1.807, 2.05) is 24.3 Å². The molecule has 0 aliphatic carbocycles. The highest BCUT2D eigenvalue weighted by molar-refractivity contribution is 14.1. The molecule has 7 nitrogen and oxygen atoms in total. The van der Waals surface area contributed by atoms with Crippen LogP contribution in [-0.4, -0.2) is 24.2 Å². The Kier molecular flexibility index (Phi) is 9.87. The number of methoxy groups -OCH3 is 1. The maximum absolute atomic E-state index is 12.9. The summed E-state index contributed by atoms with van der Waals surface area (Å²) in [6.07, 6.45) is -3.11. The van der Waals surface area contributed by atoms with Gasteiger partial charge in [-0.15, -0.1) is 11.3 Å². The molecule has 0 aliphatic heterocycles. The van der Waals surface area contributed by atoms with Crippen LogP contribution in [0.2, 0.25) is 5.02 Å². The first kappa shape index (κ1) is 29.6. The Morgan fingerprint density at radius 3 is 2.67 bits per heavy atom. The summed E-state index contributed by atoms with van der Waals surface area (Å²) in [7, 11) is 1.50. The number of rotatable bonds is 10. The summed E-state index contributed by atoms with van der Waals surface area (Å²) in [6, 6.07) is 16.0. The van der Waals surface area contributed by atoms with Crippen LogP contribution in [0.25, 0.3) is 0 Å². The molecule has 0 unspecified atom stereocenters. The fraction of sp³-hybridized carbons (Fsp3) is 0.148. The van der Waals surface area contributed by atoms with Gasteiger partial charge >= 0.3 is 6.18 Å². The summed E-state index contributed by atoms with van der Waals surface area (Å²) in [5, 5.41) is 9.11. The van der Waals surface area contributed by atoms with Crippen LogP contribution in [0, 0.1) is 3.57 Å². The molecule has 0 saturated heterocycles. The number of anilines is 2. The average Bonchev–Trinajstić information content (AvgIpc) is 3.34. The minimum absolute atomic E-state index is 0.0759. The van der Waals surface area contributed by atoms with E-state index >= 15 is 0 Å². The maximum Gasteiger partial charge on any atom is 0.416 e. The predicted octanol–water partition coefficient (Wildman–Crippen LogP) is 7.44. The van der Waals surface area contributed by atoms with Crippen LogP contribution >= 0.6 is 45.5 Å². The van der Waals surface area contributed by atoms with Crippen LogP contribution < -0.4 is 20.2 Å². The quantitative estimate of drug-likeness (QED) is 0.102. The molecule has 4 rings (SSSR count). The molecule has 0 bridgehead atoms. The highest BCUT2D eigenvalue weighted by Crippen LogP contribution is 2.37. The average molecular weight is 701 g/mol. The van der Waals surface area contributed by atoms with Gasteiger partial charge in [0.15, 0.2) is 16.6 Å². The number of thiazole rings is 1. The van der Waals surface area contributed by atoms with Crippen molar-refractivity contribution in [1.82, 2.24) is 10.4 Å². The number of hydrogen-bond donors (Lipinski definition) is 2. The molecular weight excluding hydrogens is 680 g/mol. The second kappa shape index (κ2) is 13.3. The second-order valence-corrected chi connectivity index (χ2v) is 10.8. The van der Waals surface area contributed by atoms with Gasteiger partial charge in [-0.3, -0.25) is 4.79 Å². The topological polar surface area (TPSA) is 84.8 Å². The third-order valence-electron chi connectivity index (χ3n) is 5.29. The molecule has 0 atom stereocenters. The molecule has 0 aliphatic rings. The van der Waals surface area contributed by atoms with Crippen LogP contribution in [0.1, 0.15) is 22.4 Å². The number of carbonyl (C=O) groups excluding carboxylic acids is 1. The molecule has 1 amide bonds. The van der Waals surface area contributed by atoms with Crippen LogP contribution in [0.4, 0.5) is 24.0 Å². The summed E-state index contributed by atoms with van der Waals surface area (Å²) in [6.45, 7) is 0.310.